The molecule has 1 aliphatic heterocycles. The van der Waals surface area contributed by atoms with E-state index in [1.807, 2.05) is 42.5 Å². The molecule has 0 saturated carbocycles. The van der Waals surface area contributed by atoms with Gasteiger partial charge in [0.1, 0.15) is 0 Å². The van der Waals surface area contributed by atoms with Crippen LogP contribution in [-0.4, -0.2) is 12.1 Å². The summed E-state index contributed by atoms with van der Waals surface area (Å²) in [5, 5.41) is 7.78. The molecule has 3 aromatic carbocycles. The number of hydrazone groups is 1. The van der Waals surface area contributed by atoms with Gasteiger partial charge in [0.2, 0.25) is 0 Å². The Morgan fingerprint density at radius 2 is 1.73 bits per heavy atom. The summed E-state index contributed by atoms with van der Waals surface area (Å²) >= 11 is 0. The van der Waals surface area contributed by atoms with E-state index in [-0.39, 0.29) is 11.9 Å². The van der Waals surface area contributed by atoms with Gasteiger partial charge in [-0.1, -0.05) is 72.8 Å². The van der Waals surface area contributed by atoms with Crippen molar-refractivity contribution in [1.82, 2.24) is 5.43 Å². The predicted molar refractivity (Wildman–Crippen MR) is 121 cm³/mol. The highest BCUT2D eigenvalue weighted by atomic mass is 16.2. The first-order valence-corrected chi connectivity index (χ1v) is 10.3. The molecule has 30 heavy (non-hydrogen) atoms. The Bertz CT molecular complexity index is 1100. The zero-order valence-corrected chi connectivity index (χ0v) is 16.5. The summed E-state index contributed by atoms with van der Waals surface area (Å²) in [6, 6.07) is 26.3. The highest BCUT2D eigenvalue weighted by Gasteiger charge is 2.37. The molecule has 3 atom stereocenters. The Morgan fingerprint density at radius 3 is 2.57 bits per heavy atom. The van der Waals surface area contributed by atoms with Gasteiger partial charge in [0.25, 0.3) is 5.91 Å². The normalized spacial score (nSPS) is 21.7. The fourth-order valence-corrected chi connectivity index (χ4v) is 4.48. The lowest BCUT2D eigenvalue weighted by atomic mass is 9.77. The van der Waals surface area contributed by atoms with Crippen molar-refractivity contribution in [1.29, 1.82) is 0 Å². The molecule has 5 rings (SSSR count). The van der Waals surface area contributed by atoms with Crippen LogP contribution in [0, 0.1) is 5.92 Å². The van der Waals surface area contributed by atoms with Crippen LogP contribution in [0.1, 0.15) is 45.4 Å². The van der Waals surface area contributed by atoms with E-state index >= 15 is 0 Å². The van der Waals surface area contributed by atoms with E-state index in [9.17, 15) is 4.79 Å². The molecule has 0 bridgehead atoms. The van der Waals surface area contributed by atoms with Gasteiger partial charge in [0, 0.05) is 17.2 Å². The number of amides is 1. The SMILES string of the molecule is O=C(NN=Cc1ccccc1)c1ccc([C@@H]2Nc3ccccc3[C@H]3C=CC[C@@H]32)cc1. The quantitative estimate of drug-likeness (QED) is 0.360. The van der Waals surface area contributed by atoms with Crippen LogP contribution in [0.4, 0.5) is 5.69 Å². The maximum atomic E-state index is 12.4. The summed E-state index contributed by atoms with van der Waals surface area (Å²) < 4.78 is 0. The van der Waals surface area contributed by atoms with E-state index in [4.69, 9.17) is 0 Å². The molecule has 0 radical (unpaired) electrons. The largest absolute Gasteiger partial charge is 0.378 e. The Balaban J connectivity index is 1.30. The number of para-hydroxylation sites is 1. The second-order valence-corrected chi connectivity index (χ2v) is 7.79. The van der Waals surface area contributed by atoms with E-state index in [1.165, 1.54) is 16.8 Å². The fraction of sp³-hybridized carbons (Fsp3) is 0.154. The minimum Gasteiger partial charge on any atom is -0.378 e. The lowest BCUT2D eigenvalue weighted by Crippen LogP contribution is -2.29. The molecule has 3 aromatic rings. The van der Waals surface area contributed by atoms with Gasteiger partial charge in [-0.3, -0.25) is 4.79 Å². The van der Waals surface area contributed by atoms with Crippen molar-refractivity contribution < 1.29 is 4.79 Å². The van der Waals surface area contributed by atoms with Crippen molar-refractivity contribution in [2.75, 3.05) is 5.32 Å². The molecule has 2 aliphatic rings. The Kier molecular flexibility index (Phi) is 4.89. The number of nitrogens with zero attached hydrogens (tertiary/aromatic N) is 1. The molecule has 1 aliphatic carbocycles. The molecular formula is C26H23N3O. The standard InChI is InChI=1S/C26H23N3O/c30-26(29-27-17-18-7-2-1-3-8-18)20-15-13-19(14-16-20)25-23-11-6-10-21(23)22-9-4-5-12-24(22)28-25/h1-10,12-17,21,23,25,28H,11H2,(H,29,30)/t21-,23+,25+/m1/s1. The molecule has 148 valence electrons. The molecule has 1 heterocycles. The number of hydrogen-bond acceptors (Lipinski definition) is 3. The molecule has 0 spiro atoms. The van der Waals surface area contributed by atoms with Gasteiger partial charge in [0.05, 0.1) is 12.3 Å². The van der Waals surface area contributed by atoms with Gasteiger partial charge in [0.15, 0.2) is 0 Å². The molecule has 0 unspecified atom stereocenters. The Labute approximate surface area is 176 Å². The molecule has 1 amide bonds. The molecule has 0 saturated heterocycles. The summed E-state index contributed by atoms with van der Waals surface area (Å²) in [4.78, 5) is 12.4. The Morgan fingerprint density at radius 1 is 0.967 bits per heavy atom. The Hall–Kier alpha value is -3.66. The fourth-order valence-electron chi connectivity index (χ4n) is 4.48. The van der Waals surface area contributed by atoms with Crippen molar-refractivity contribution in [2.24, 2.45) is 11.0 Å². The molecular weight excluding hydrogens is 370 g/mol. The number of nitrogens with one attached hydrogen (secondary N) is 2. The average Bonchev–Trinajstić information content (AvgIpc) is 3.30. The second kappa shape index (κ2) is 7.99. The van der Waals surface area contributed by atoms with Gasteiger partial charge in [-0.05, 0) is 47.2 Å². The number of carbonyl (C=O) groups excluding carboxylic acids is 1. The van der Waals surface area contributed by atoms with Crippen molar-refractivity contribution in [3.05, 3.63) is 113 Å². The van der Waals surface area contributed by atoms with Crippen molar-refractivity contribution in [3.63, 3.8) is 0 Å². The van der Waals surface area contributed by atoms with Crippen LogP contribution in [0.2, 0.25) is 0 Å². The van der Waals surface area contributed by atoms with Crippen molar-refractivity contribution in [2.45, 2.75) is 18.4 Å². The van der Waals surface area contributed by atoms with Crippen LogP contribution in [0.25, 0.3) is 0 Å². The van der Waals surface area contributed by atoms with Crippen LogP contribution in [0.15, 0.2) is 96.1 Å². The third kappa shape index (κ3) is 3.52. The smallest absolute Gasteiger partial charge is 0.271 e. The third-order valence-corrected chi connectivity index (χ3v) is 5.98. The maximum absolute atomic E-state index is 12.4. The zero-order valence-electron chi connectivity index (χ0n) is 16.5. The molecule has 2 N–H and O–H groups in total. The molecule has 0 fully saturated rings. The summed E-state index contributed by atoms with van der Waals surface area (Å²) in [5.74, 6) is 0.730. The lowest BCUT2D eigenvalue weighted by molar-refractivity contribution is 0.0955. The molecule has 4 heteroatoms. The van der Waals surface area contributed by atoms with Crippen LogP contribution < -0.4 is 10.7 Å². The molecule has 4 nitrogen and oxygen atoms in total. The van der Waals surface area contributed by atoms with Gasteiger partial charge in [-0.15, -0.1) is 0 Å². The van der Waals surface area contributed by atoms with E-state index in [1.54, 1.807) is 6.21 Å². The maximum Gasteiger partial charge on any atom is 0.271 e. The number of allylic oxidation sites excluding steroid dienone is 2. The lowest BCUT2D eigenvalue weighted by Gasteiger charge is -2.37. The van der Waals surface area contributed by atoms with E-state index in [2.05, 4.69) is 64.4 Å². The summed E-state index contributed by atoms with van der Waals surface area (Å²) in [7, 11) is 0. The van der Waals surface area contributed by atoms with Crippen molar-refractivity contribution in [3.8, 4) is 0 Å². The van der Waals surface area contributed by atoms with E-state index < -0.39 is 0 Å². The minimum absolute atomic E-state index is 0.212. The van der Waals surface area contributed by atoms with Crippen molar-refractivity contribution >= 4 is 17.8 Å². The number of benzene rings is 3. The highest BCUT2D eigenvalue weighted by molar-refractivity contribution is 5.94. The second-order valence-electron chi connectivity index (χ2n) is 7.79. The number of rotatable bonds is 4. The number of anilines is 1. The first-order chi connectivity index (χ1) is 14.8. The topological polar surface area (TPSA) is 53.5 Å². The van der Waals surface area contributed by atoms with Crippen LogP contribution >= 0.6 is 0 Å². The van der Waals surface area contributed by atoms with Gasteiger partial charge in [-0.2, -0.15) is 5.10 Å². The monoisotopic (exact) mass is 393 g/mol. The van der Waals surface area contributed by atoms with Crippen LogP contribution in [-0.2, 0) is 0 Å². The van der Waals surface area contributed by atoms with Gasteiger partial charge in [-0.25, -0.2) is 5.43 Å². The average molecular weight is 393 g/mol. The summed E-state index contributed by atoms with van der Waals surface area (Å²) in [6.07, 6.45) is 7.33. The van der Waals surface area contributed by atoms with Gasteiger partial charge < -0.3 is 5.32 Å². The number of hydrogen-bond donors (Lipinski definition) is 2. The highest BCUT2D eigenvalue weighted by Crippen LogP contribution is 2.49. The summed E-state index contributed by atoms with van der Waals surface area (Å²) in [6.45, 7) is 0. The molecule has 0 aromatic heterocycles. The van der Waals surface area contributed by atoms with E-state index in [0.717, 1.165) is 12.0 Å². The van der Waals surface area contributed by atoms with Crippen LogP contribution in [0.5, 0.6) is 0 Å². The van der Waals surface area contributed by atoms with Crippen LogP contribution in [0.3, 0.4) is 0 Å². The summed E-state index contributed by atoms with van der Waals surface area (Å²) in [5.41, 5.74) is 7.92. The minimum atomic E-state index is -0.212. The van der Waals surface area contributed by atoms with E-state index in [0.29, 0.717) is 17.4 Å². The number of carbonyl (C=O) groups is 1. The zero-order chi connectivity index (χ0) is 20.3. The first kappa shape index (κ1) is 18.4. The van der Waals surface area contributed by atoms with Gasteiger partial charge >= 0.3 is 0 Å². The predicted octanol–water partition coefficient (Wildman–Crippen LogP) is 5.28. The number of fused-ring (bicyclic) bond motifs is 3. The first-order valence-electron chi connectivity index (χ1n) is 10.3. The third-order valence-electron chi connectivity index (χ3n) is 5.98.